The van der Waals surface area contributed by atoms with E-state index in [1.165, 1.54) is 0 Å². The molecule has 2 heterocycles. The van der Waals surface area contributed by atoms with Gasteiger partial charge in [0.1, 0.15) is 5.76 Å². The highest BCUT2D eigenvalue weighted by Gasteiger charge is 2.50. The summed E-state index contributed by atoms with van der Waals surface area (Å²) in [5, 5.41) is 6.70. The van der Waals surface area contributed by atoms with Crippen molar-refractivity contribution in [3.05, 3.63) is 17.5 Å². The van der Waals surface area contributed by atoms with Crippen LogP contribution in [0, 0.1) is 24.7 Å². The summed E-state index contributed by atoms with van der Waals surface area (Å²) in [5.74, 6) is 1.69. The van der Waals surface area contributed by atoms with Gasteiger partial charge in [-0.2, -0.15) is 0 Å². The molecule has 1 N–H and O–H groups in total. The zero-order valence-corrected chi connectivity index (χ0v) is 14.4. The fourth-order valence-electron chi connectivity index (χ4n) is 4.19. The minimum absolute atomic E-state index is 0.206. The van der Waals surface area contributed by atoms with Crippen molar-refractivity contribution < 1.29 is 18.8 Å². The third-order valence-electron chi connectivity index (χ3n) is 5.41. The van der Waals surface area contributed by atoms with Crippen molar-refractivity contribution in [1.82, 2.24) is 15.4 Å². The Balaban J connectivity index is 1.60. The van der Waals surface area contributed by atoms with Gasteiger partial charge in [0.2, 0.25) is 5.91 Å². The van der Waals surface area contributed by atoms with Crippen LogP contribution in [0.15, 0.2) is 10.6 Å². The Hall–Kier alpha value is -1.89. The Kier molecular flexibility index (Phi) is 4.89. The number of likely N-dealkylation sites (tertiary alicyclic amines) is 1. The molecule has 2 aliphatic rings. The average molecular weight is 335 g/mol. The van der Waals surface area contributed by atoms with E-state index >= 15 is 0 Å². The van der Waals surface area contributed by atoms with Crippen LogP contribution in [0.1, 0.15) is 36.0 Å². The molecule has 4 atom stereocenters. The van der Waals surface area contributed by atoms with E-state index in [1.807, 2.05) is 4.90 Å². The molecule has 0 bridgehead atoms. The lowest BCUT2D eigenvalue weighted by Gasteiger charge is -2.24. The number of amides is 2. The van der Waals surface area contributed by atoms with Gasteiger partial charge in [-0.3, -0.25) is 9.59 Å². The van der Waals surface area contributed by atoms with Crippen LogP contribution in [0.5, 0.6) is 0 Å². The molecule has 1 saturated heterocycles. The zero-order chi connectivity index (χ0) is 17.3. The number of carbonyl (C=O) groups is 2. The maximum Gasteiger partial charge on any atom is 0.273 e. The number of aromatic nitrogens is 1. The molecule has 1 aliphatic carbocycles. The number of nitrogens with zero attached hydrogens (tertiary/aromatic N) is 2. The van der Waals surface area contributed by atoms with E-state index in [1.54, 1.807) is 20.1 Å². The normalized spacial score (nSPS) is 29.1. The number of aryl methyl sites for hydroxylation is 1. The van der Waals surface area contributed by atoms with Crippen molar-refractivity contribution in [2.75, 3.05) is 26.8 Å². The molecule has 7 nitrogen and oxygen atoms in total. The highest BCUT2D eigenvalue weighted by Crippen LogP contribution is 2.45. The van der Waals surface area contributed by atoms with E-state index in [0.717, 1.165) is 6.42 Å². The van der Waals surface area contributed by atoms with Crippen LogP contribution in [0.3, 0.4) is 0 Å². The van der Waals surface area contributed by atoms with Crippen LogP contribution in [-0.2, 0) is 9.53 Å². The van der Waals surface area contributed by atoms with Gasteiger partial charge >= 0.3 is 0 Å². The van der Waals surface area contributed by atoms with E-state index in [2.05, 4.69) is 17.4 Å². The molecule has 1 aliphatic heterocycles. The summed E-state index contributed by atoms with van der Waals surface area (Å²) < 4.78 is 10.1. The SMILES string of the molecule is COCCN1C(=O)C[C@H]2[C@H](CNC(=O)c3cc(C)on3)[C@@H](C)C[C@H]21. The molecule has 0 radical (unpaired) electrons. The van der Waals surface area contributed by atoms with Gasteiger partial charge in [0.15, 0.2) is 5.69 Å². The molecule has 0 spiro atoms. The fourth-order valence-corrected chi connectivity index (χ4v) is 4.19. The van der Waals surface area contributed by atoms with Crippen LogP contribution in [0.2, 0.25) is 0 Å². The molecule has 0 aromatic carbocycles. The second kappa shape index (κ2) is 6.93. The maximum atomic E-state index is 12.3. The number of hydrogen-bond donors (Lipinski definition) is 1. The van der Waals surface area contributed by atoms with Crippen molar-refractivity contribution in [3.8, 4) is 0 Å². The predicted octanol–water partition coefficient (Wildman–Crippen LogP) is 1.23. The summed E-state index contributed by atoms with van der Waals surface area (Å²) in [5.41, 5.74) is 0.305. The predicted molar refractivity (Wildman–Crippen MR) is 86.3 cm³/mol. The molecule has 24 heavy (non-hydrogen) atoms. The topological polar surface area (TPSA) is 84.7 Å². The summed E-state index contributed by atoms with van der Waals surface area (Å²) in [6.07, 6.45) is 1.56. The molecule has 7 heteroatoms. The molecule has 0 unspecified atom stereocenters. The lowest BCUT2D eigenvalue weighted by atomic mass is 9.88. The summed E-state index contributed by atoms with van der Waals surface area (Å²) >= 11 is 0. The third kappa shape index (κ3) is 3.17. The minimum Gasteiger partial charge on any atom is -0.383 e. The number of fused-ring (bicyclic) bond motifs is 1. The molecule has 132 valence electrons. The van der Waals surface area contributed by atoms with Crippen LogP contribution in [0.4, 0.5) is 0 Å². The van der Waals surface area contributed by atoms with E-state index in [-0.39, 0.29) is 17.9 Å². The fraction of sp³-hybridized carbons (Fsp3) is 0.706. The van der Waals surface area contributed by atoms with Crippen molar-refractivity contribution in [3.63, 3.8) is 0 Å². The van der Waals surface area contributed by atoms with Gasteiger partial charge in [0.05, 0.1) is 6.61 Å². The summed E-state index contributed by atoms with van der Waals surface area (Å²) in [6, 6.07) is 1.90. The highest BCUT2D eigenvalue weighted by atomic mass is 16.5. The van der Waals surface area contributed by atoms with Crippen LogP contribution in [0.25, 0.3) is 0 Å². The van der Waals surface area contributed by atoms with Gasteiger partial charge in [0.25, 0.3) is 5.91 Å². The first-order chi connectivity index (χ1) is 11.5. The summed E-state index contributed by atoms with van der Waals surface area (Å²) in [6.45, 7) is 5.75. The van der Waals surface area contributed by atoms with Crippen LogP contribution < -0.4 is 5.32 Å². The van der Waals surface area contributed by atoms with Crippen molar-refractivity contribution >= 4 is 11.8 Å². The molecule has 1 aromatic rings. The maximum absolute atomic E-state index is 12.3. The summed E-state index contributed by atoms with van der Waals surface area (Å²) in [7, 11) is 1.65. The van der Waals surface area contributed by atoms with Crippen molar-refractivity contribution in [2.45, 2.75) is 32.7 Å². The first-order valence-corrected chi connectivity index (χ1v) is 8.51. The Morgan fingerprint density at radius 2 is 2.33 bits per heavy atom. The number of carbonyl (C=O) groups excluding carboxylic acids is 2. The lowest BCUT2D eigenvalue weighted by molar-refractivity contribution is -0.129. The van der Waals surface area contributed by atoms with E-state index in [0.29, 0.717) is 55.3 Å². The Morgan fingerprint density at radius 3 is 3.00 bits per heavy atom. The average Bonchev–Trinajstić information content (AvgIpc) is 3.18. The zero-order valence-electron chi connectivity index (χ0n) is 14.4. The summed E-state index contributed by atoms with van der Waals surface area (Å²) in [4.78, 5) is 26.4. The van der Waals surface area contributed by atoms with Gasteiger partial charge in [-0.05, 0) is 31.1 Å². The molecule has 2 fully saturated rings. The molecule has 1 aromatic heterocycles. The highest BCUT2D eigenvalue weighted by molar-refractivity contribution is 5.92. The third-order valence-corrected chi connectivity index (χ3v) is 5.41. The first-order valence-electron chi connectivity index (χ1n) is 8.51. The number of methoxy groups -OCH3 is 1. The monoisotopic (exact) mass is 335 g/mol. The Labute approximate surface area is 141 Å². The van der Waals surface area contributed by atoms with Gasteiger partial charge in [-0.15, -0.1) is 0 Å². The van der Waals surface area contributed by atoms with Crippen LogP contribution in [-0.4, -0.2) is 54.7 Å². The molecular weight excluding hydrogens is 310 g/mol. The quantitative estimate of drug-likeness (QED) is 0.845. The molecule has 3 rings (SSSR count). The van der Waals surface area contributed by atoms with Gasteiger partial charge in [-0.25, -0.2) is 0 Å². The van der Waals surface area contributed by atoms with Gasteiger partial charge in [-0.1, -0.05) is 12.1 Å². The second-order valence-corrected chi connectivity index (χ2v) is 6.92. The van der Waals surface area contributed by atoms with Gasteiger partial charge in [0, 0.05) is 38.7 Å². The molecule has 2 amide bonds. The molecule has 1 saturated carbocycles. The smallest absolute Gasteiger partial charge is 0.273 e. The van der Waals surface area contributed by atoms with Crippen LogP contribution >= 0.6 is 0 Å². The van der Waals surface area contributed by atoms with E-state index < -0.39 is 0 Å². The first kappa shape index (κ1) is 17.0. The minimum atomic E-state index is -0.219. The van der Waals surface area contributed by atoms with Crippen molar-refractivity contribution in [2.24, 2.45) is 17.8 Å². The lowest BCUT2D eigenvalue weighted by Crippen LogP contribution is -2.36. The molecular formula is C17H25N3O4. The standard InChI is InChI=1S/C17H25N3O4/c1-10-6-15-12(8-16(21)20(15)4-5-23-3)13(10)9-18-17(22)14-7-11(2)24-19-14/h7,10,12-13,15H,4-6,8-9H2,1-3H3,(H,18,22)/t10-,12-,13+,15+/m0/s1. The van der Waals surface area contributed by atoms with Crippen molar-refractivity contribution in [1.29, 1.82) is 0 Å². The Bertz CT molecular complexity index is 615. The largest absolute Gasteiger partial charge is 0.383 e. The van der Waals surface area contributed by atoms with E-state index in [4.69, 9.17) is 9.26 Å². The number of hydrogen-bond acceptors (Lipinski definition) is 5. The Morgan fingerprint density at radius 1 is 1.54 bits per heavy atom. The second-order valence-electron chi connectivity index (χ2n) is 6.92. The number of rotatable bonds is 6. The van der Waals surface area contributed by atoms with Gasteiger partial charge < -0.3 is 19.5 Å². The number of nitrogens with one attached hydrogen (secondary N) is 1. The van der Waals surface area contributed by atoms with E-state index in [9.17, 15) is 9.59 Å². The number of ether oxygens (including phenoxy) is 1.